The first-order chi connectivity index (χ1) is 12.6. The van der Waals surface area contributed by atoms with Crippen molar-refractivity contribution in [3.8, 4) is 5.75 Å². The van der Waals surface area contributed by atoms with Gasteiger partial charge < -0.3 is 15.0 Å². The third kappa shape index (κ3) is 4.67. The number of hydrogen-bond donors (Lipinski definition) is 1. The van der Waals surface area contributed by atoms with Gasteiger partial charge in [-0.25, -0.2) is 0 Å². The Morgan fingerprint density at radius 2 is 1.96 bits per heavy atom. The first-order valence-corrected chi connectivity index (χ1v) is 10.6. The molecular formula is C18H24N4O2S2. The molecule has 2 atom stereocenters. The van der Waals surface area contributed by atoms with Crippen molar-refractivity contribution in [1.82, 2.24) is 15.1 Å². The average molecular weight is 393 g/mol. The molecule has 2 unspecified atom stereocenters. The second-order valence-electron chi connectivity index (χ2n) is 6.45. The SMILES string of the molecule is COc1ccc(Nc2nnc(SCC(=O)N3C(C)CCCC3C)s2)cc1. The molecule has 1 saturated heterocycles. The Hall–Kier alpha value is -1.80. The maximum atomic E-state index is 12.6. The molecule has 3 rings (SSSR count). The zero-order valence-corrected chi connectivity index (χ0v) is 16.9. The van der Waals surface area contributed by atoms with Crippen molar-refractivity contribution in [3.05, 3.63) is 24.3 Å². The monoisotopic (exact) mass is 392 g/mol. The molecule has 1 N–H and O–H groups in total. The second kappa shape index (κ2) is 8.73. The Labute approximate surface area is 162 Å². The number of aromatic nitrogens is 2. The second-order valence-corrected chi connectivity index (χ2v) is 8.65. The van der Waals surface area contributed by atoms with Gasteiger partial charge in [0.2, 0.25) is 11.0 Å². The van der Waals surface area contributed by atoms with Gasteiger partial charge in [-0.05, 0) is 57.4 Å². The molecule has 2 aromatic rings. The van der Waals surface area contributed by atoms with Crippen LogP contribution in [0.2, 0.25) is 0 Å². The number of likely N-dealkylation sites (tertiary alicyclic amines) is 1. The topological polar surface area (TPSA) is 67.3 Å². The van der Waals surface area contributed by atoms with E-state index < -0.39 is 0 Å². The summed E-state index contributed by atoms with van der Waals surface area (Å²) in [6.45, 7) is 4.28. The molecule has 0 radical (unpaired) electrons. The minimum absolute atomic E-state index is 0.189. The summed E-state index contributed by atoms with van der Waals surface area (Å²) in [4.78, 5) is 14.6. The van der Waals surface area contributed by atoms with Crippen LogP contribution in [0.4, 0.5) is 10.8 Å². The molecule has 0 spiro atoms. The number of amides is 1. The molecular weight excluding hydrogens is 368 g/mol. The number of benzene rings is 1. The Kier molecular flexibility index (Phi) is 6.37. The third-order valence-electron chi connectivity index (χ3n) is 4.55. The van der Waals surface area contributed by atoms with Crippen molar-refractivity contribution in [3.63, 3.8) is 0 Å². The summed E-state index contributed by atoms with van der Waals surface area (Å²) in [5, 5.41) is 12.3. The minimum atomic E-state index is 0.189. The molecule has 1 amide bonds. The van der Waals surface area contributed by atoms with Gasteiger partial charge in [0.25, 0.3) is 0 Å². The zero-order valence-electron chi connectivity index (χ0n) is 15.3. The number of carbonyl (C=O) groups excluding carboxylic acids is 1. The number of nitrogens with zero attached hydrogens (tertiary/aromatic N) is 3. The zero-order chi connectivity index (χ0) is 18.5. The molecule has 2 heterocycles. The van der Waals surface area contributed by atoms with Crippen LogP contribution in [0.3, 0.4) is 0 Å². The Balaban J connectivity index is 1.53. The molecule has 1 aromatic heterocycles. The molecule has 1 aliphatic rings. The van der Waals surface area contributed by atoms with Gasteiger partial charge in [0.1, 0.15) is 5.75 Å². The highest BCUT2D eigenvalue weighted by molar-refractivity contribution is 8.01. The van der Waals surface area contributed by atoms with Crippen LogP contribution in [-0.2, 0) is 4.79 Å². The van der Waals surface area contributed by atoms with Crippen molar-refractivity contribution in [2.75, 3.05) is 18.2 Å². The fraction of sp³-hybridized carbons (Fsp3) is 0.500. The predicted octanol–water partition coefficient (Wildman–Crippen LogP) is 4.17. The number of anilines is 2. The lowest BCUT2D eigenvalue weighted by molar-refractivity contribution is -0.134. The van der Waals surface area contributed by atoms with Gasteiger partial charge in [0, 0.05) is 17.8 Å². The largest absolute Gasteiger partial charge is 0.497 e. The first-order valence-electron chi connectivity index (χ1n) is 8.75. The van der Waals surface area contributed by atoms with E-state index in [0.29, 0.717) is 23.0 Å². The third-order valence-corrected chi connectivity index (χ3v) is 6.51. The van der Waals surface area contributed by atoms with E-state index >= 15 is 0 Å². The number of piperidine rings is 1. The Bertz CT molecular complexity index is 725. The van der Waals surface area contributed by atoms with Crippen LogP contribution in [0.15, 0.2) is 28.6 Å². The van der Waals surface area contributed by atoms with E-state index in [9.17, 15) is 4.79 Å². The number of nitrogens with one attached hydrogen (secondary N) is 1. The highest BCUT2D eigenvalue weighted by atomic mass is 32.2. The number of methoxy groups -OCH3 is 1. The van der Waals surface area contributed by atoms with Crippen LogP contribution in [-0.4, -0.2) is 46.0 Å². The summed E-state index contributed by atoms with van der Waals surface area (Å²) >= 11 is 2.91. The molecule has 0 bridgehead atoms. The lowest BCUT2D eigenvalue weighted by Crippen LogP contribution is -2.48. The van der Waals surface area contributed by atoms with Crippen molar-refractivity contribution >= 4 is 39.8 Å². The molecule has 6 nitrogen and oxygen atoms in total. The summed E-state index contributed by atoms with van der Waals surface area (Å²) in [6, 6.07) is 8.28. The highest BCUT2D eigenvalue weighted by Gasteiger charge is 2.28. The summed E-state index contributed by atoms with van der Waals surface area (Å²) in [5.41, 5.74) is 0.922. The molecule has 8 heteroatoms. The number of ether oxygens (including phenoxy) is 1. The first kappa shape index (κ1) is 19.0. The smallest absolute Gasteiger partial charge is 0.233 e. The van der Waals surface area contributed by atoms with Gasteiger partial charge in [0.15, 0.2) is 4.34 Å². The number of carbonyl (C=O) groups is 1. The fourth-order valence-corrected chi connectivity index (χ4v) is 4.87. The van der Waals surface area contributed by atoms with Crippen molar-refractivity contribution in [2.45, 2.75) is 49.5 Å². The Morgan fingerprint density at radius 1 is 1.27 bits per heavy atom. The lowest BCUT2D eigenvalue weighted by atomic mass is 9.98. The van der Waals surface area contributed by atoms with Gasteiger partial charge >= 0.3 is 0 Å². The average Bonchev–Trinajstić information content (AvgIpc) is 3.08. The lowest BCUT2D eigenvalue weighted by Gasteiger charge is -2.39. The van der Waals surface area contributed by atoms with Crippen molar-refractivity contribution in [2.24, 2.45) is 0 Å². The molecule has 140 valence electrons. The van der Waals surface area contributed by atoms with E-state index in [1.165, 1.54) is 29.5 Å². The van der Waals surface area contributed by atoms with Crippen LogP contribution in [0, 0.1) is 0 Å². The number of thioether (sulfide) groups is 1. The summed E-state index contributed by atoms with van der Waals surface area (Å²) < 4.78 is 5.95. The molecule has 1 aromatic carbocycles. The van der Waals surface area contributed by atoms with E-state index in [0.717, 1.165) is 28.6 Å². The van der Waals surface area contributed by atoms with E-state index in [-0.39, 0.29) is 5.91 Å². The van der Waals surface area contributed by atoms with Gasteiger partial charge in [-0.3, -0.25) is 4.79 Å². The predicted molar refractivity (Wildman–Crippen MR) is 107 cm³/mol. The minimum Gasteiger partial charge on any atom is -0.497 e. The molecule has 0 aliphatic carbocycles. The summed E-state index contributed by atoms with van der Waals surface area (Å²) in [6.07, 6.45) is 3.39. The van der Waals surface area contributed by atoms with E-state index in [1.807, 2.05) is 29.2 Å². The highest BCUT2D eigenvalue weighted by Crippen LogP contribution is 2.30. The maximum Gasteiger partial charge on any atom is 0.233 e. The van der Waals surface area contributed by atoms with Crippen molar-refractivity contribution < 1.29 is 9.53 Å². The fourth-order valence-electron chi connectivity index (χ4n) is 3.23. The van der Waals surface area contributed by atoms with Gasteiger partial charge in [0.05, 0.1) is 12.9 Å². The van der Waals surface area contributed by atoms with Crippen molar-refractivity contribution in [1.29, 1.82) is 0 Å². The van der Waals surface area contributed by atoms with Crippen LogP contribution in [0.1, 0.15) is 33.1 Å². The van der Waals surface area contributed by atoms with Crippen LogP contribution in [0.25, 0.3) is 0 Å². The standard InChI is InChI=1S/C18H24N4O2S2/c1-12-5-4-6-13(2)22(12)16(23)11-25-18-21-20-17(26-18)19-14-7-9-15(24-3)10-8-14/h7-10,12-13H,4-6,11H2,1-3H3,(H,19,20). The maximum absolute atomic E-state index is 12.6. The number of hydrogen-bond acceptors (Lipinski definition) is 7. The van der Waals surface area contributed by atoms with Gasteiger partial charge in [-0.15, -0.1) is 10.2 Å². The summed E-state index contributed by atoms with van der Waals surface area (Å²) in [5.74, 6) is 1.41. The quantitative estimate of drug-likeness (QED) is 0.744. The van der Waals surface area contributed by atoms with Gasteiger partial charge in [-0.1, -0.05) is 23.1 Å². The summed E-state index contributed by atoms with van der Waals surface area (Å²) in [7, 11) is 1.64. The van der Waals surface area contributed by atoms with Crippen LogP contribution >= 0.6 is 23.1 Å². The molecule has 26 heavy (non-hydrogen) atoms. The van der Waals surface area contributed by atoms with E-state index in [1.54, 1.807) is 7.11 Å². The molecule has 0 saturated carbocycles. The normalized spacial score (nSPS) is 20.0. The van der Waals surface area contributed by atoms with Crippen LogP contribution in [0.5, 0.6) is 5.75 Å². The number of rotatable bonds is 6. The molecule has 1 fully saturated rings. The van der Waals surface area contributed by atoms with Crippen LogP contribution < -0.4 is 10.1 Å². The van der Waals surface area contributed by atoms with Gasteiger partial charge in [-0.2, -0.15) is 0 Å². The Morgan fingerprint density at radius 3 is 2.62 bits per heavy atom. The molecule has 1 aliphatic heterocycles. The van der Waals surface area contributed by atoms with E-state index in [2.05, 4.69) is 29.4 Å². The van der Waals surface area contributed by atoms with E-state index in [4.69, 9.17) is 4.74 Å².